The van der Waals surface area contributed by atoms with Gasteiger partial charge in [0.1, 0.15) is 0 Å². The third-order valence-corrected chi connectivity index (χ3v) is 5.85. The summed E-state index contributed by atoms with van der Waals surface area (Å²) in [5, 5.41) is 7.99. The van der Waals surface area contributed by atoms with Gasteiger partial charge >= 0.3 is 0 Å². The fourth-order valence-electron chi connectivity index (χ4n) is 4.77. The van der Waals surface area contributed by atoms with E-state index in [0.717, 1.165) is 12.5 Å². The molecule has 1 aromatic heterocycles. The minimum atomic E-state index is 0.532. The molecule has 0 aromatic carbocycles. The smallest absolute Gasteiger partial charge is 0.0537 e. The maximum atomic E-state index is 4.44. The van der Waals surface area contributed by atoms with E-state index in [1.165, 1.54) is 64.0 Å². The second-order valence-electron chi connectivity index (χ2n) is 7.86. The largest absolute Gasteiger partial charge is 0.316 e. The summed E-state index contributed by atoms with van der Waals surface area (Å²) in [5.41, 5.74) is 1.40. The van der Waals surface area contributed by atoms with E-state index in [1.54, 1.807) is 0 Å². The maximum Gasteiger partial charge on any atom is 0.0537 e. The summed E-state index contributed by atoms with van der Waals surface area (Å²) in [7, 11) is 4.35. The minimum absolute atomic E-state index is 0.532. The molecule has 1 aromatic rings. The summed E-state index contributed by atoms with van der Waals surface area (Å²) in [5.74, 6) is 1.54. The van der Waals surface area contributed by atoms with Crippen LogP contribution in [-0.4, -0.2) is 65.9 Å². The lowest BCUT2D eigenvalue weighted by Crippen LogP contribution is -2.44. The summed E-state index contributed by atoms with van der Waals surface area (Å²) in [6.07, 6.45) is 9.68. The molecule has 136 valence electrons. The molecule has 2 aliphatic rings. The number of piperidine rings is 2. The quantitative estimate of drug-likeness (QED) is 0.865. The zero-order valence-electron chi connectivity index (χ0n) is 15.7. The predicted molar refractivity (Wildman–Crippen MR) is 99.0 cm³/mol. The van der Waals surface area contributed by atoms with Crippen LogP contribution >= 0.6 is 0 Å². The van der Waals surface area contributed by atoms with E-state index < -0.39 is 0 Å². The first-order valence-electron chi connectivity index (χ1n) is 9.79. The third-order valence-electron chi connectivity index (χ3n) is 5.85. The molecule has 0 radical (unpaired) electrons. The Bertz CT molecular complexity index is 494. The number of hydrogen-bond donors (Lipinski definition) is 1. The van der Waals surface area contributed by atoms with E-state index in [9.17, 15) is 0 Å². The highest BCUT2D eigenvalue weighted by atomic mass is 15.3. The van der Waals surface area contributed by atoms with Gasteiger partial charge in [-0.25, -0.2) is 0 Å². The van der Waals surface area contributed by atoms with Gasteiger partial charge in [-0.05, 0) is 70.7 Å². The zero-order chi connectivity index (χ0) is 16.9. The highest BCUT2D eigenvalue weighted by Crippen LogP contribution is 2.36. The van der Waals surface area contributed by atoms with Gasteiger partial charge in [-0.2, -0.15) is 5.10 Å². The van der Waals surface area contributed by atoms with Crippen LogP contribution in [0.25, 0.3) is 0 Å². The molecule has 3 heterocycles. The molecule has 0 bridgehead atoms. The van der Waals surface area contributed by atoms with E-state index in [1.807, 2.05) is 11.7 Å². The maximum absolute atomic E-state index is 4.44. The van der Waals surface area contributed by atoms with Crippen LogP contribution in [0.2, 0.25) is 0 Å². The van der Waals surface area contributed by atoms with Crippen LogP contribution in [-0.2, 0) is 7.05 Å². The molecule has 0 saturated carbocycles. The van der Waals surface area contributed by atoms with Gasteiger partial charge in [0.15, 0.2) is 0 Å². The van der Waals surface area contributed by atoms with Crippen LogP contribution in [0, 0.1) is 11.8 Å². The summed E-state index contributed by atoms with van der Waals surface area (Å²) in [4.78, 5) is 5.24. The second kappa shape index (κ2) is 8.45. The molecule has 0 amide bonds. The number of likely N-dealkylation sites (tertiary alicyclic amines) is 1. The van der Waals surface area contributed by atoms with Crippen LogP contribution in [0.1, 0.15) is 44.2 Å². The number of hydrogen-bond acceptors (Lipinski definition) is 4. The topological polar surface area (TPSA) is 36.3 Å². The Balaban J connectivity index is 1.64. The molecule has 0 aliphatic carbocycles. The van der Waals surface area contributed by atoms with E-state index >= 15 is 0 Å². The standard InChI is InChI=1S/C19H35N5/c1-4-24-10-6-8-17(19(24)18-12-21-23(3)15-18)14-22(2)13-16-7-5-9-20-11-16/h12,15-17,19-20H,4-11,13-14H2,1-3H3/t16?,17-,19+/m0/s1. The Morgan fingerprint density at radius 2 is 2.17 bits per heavy atom. The van der Waals surface area contributed by atoms with Crippen LogP contribution in [0.4, 0.5) is 0 Å². The Kier molecular flexibility index (Phi) is 6.31. The Hall–Kier alpha value is -0.910. The number of aryl methyl sites for hydroxylation is 1. The predicted octanol–water partition coefficient (Wildman–Crippen LogP) is 2.12. The molecule has 3 rings (SSSR count). The van der Waals surface area contributed by atoms with E-state index in [-0.39, 0.29) is 0 Å². The minimum Gasteiger partial charge on any atom is -0.316 e. The Labute approximate surface area is 147 Å². The van der Waals surface area contributed by atoms with Crippen LogP contribution in [0.3, 0.4) is 0 Å². The normalized spacial score (nSPS) is 29.2. The molecule has 5 heteroatoms. The Morgan fingerprint density at radius 1 is 1.29 bits per heavy atom. The lowest BCUT2D eigenvalue weighted by Gasteiger charge is -2.42. The molecule has 24 heavy (non-hydrogen) atoms. The van der Waals surface area contributed by atoms with Crippen molar-refractivity contribution in [1.29, 1.82) is 0 Å². The van der Waals surface area contributed by atoms with Crippen molar-refractivity contribution in [3.05, 3.63) is 18.0 Å². The molecule has 2 saturated heterocycles. The summed E-state index contributed by atoms with van der Waals surface area (Å²) < 4.78 is 1.95. The summed E-state index contributed by atoms with van der Waals surface area (Å²) in [6.45, 7) is 9.49. The average Bonchev–Trinajstić information content (AvgIpc) is 3.01. The number of rotatable bonds is 6. The molecule has 0 spiro atoms. The summed E-state index contributed by atoms with van der Waals surface area (Å²) >= 11 is 0. The summed E-state index contributed by atoms with van der Waals surface area (Å²) in [6, 6.07) is 0.532. The lowest BCUT2D eigenvalue weighted by atomic mass is 9.85. The molecule has 5 nitrogen and oxygen atoms in total. The van der Waals surface area contributed by atoms with Gasteiger partial charge in [-0.15, -0.1) is 0 Å². The Morgan fingerprint density at radius 3 is 2.83 bits per heavy atom. The molecule has 3 atom stereocenters. The van der Waals surface area contributed by atoms with Crippen molar-refractivity contribution in [3.8, 4) is 0 Å². The molecular formula is C19H35N5. The first kappa shape index (κ1) is 17.9. The highest BCUT2D eigenvalue weighted by molar-refractivity contribution is 5.13. The fourth-order valence-corrected chi connectivity index (χ4v) is 4.77. The van der Waals surface area contributed by atoms with E-state index in [2.05, 4.69) is 46.6 Å². The third kappa shape index (κ3) is 4.38. The SMILES string of the molecule is CCN1CCC[C@@H](CN(C)CC2CCCNC2)[C@@H]1c1cnn(C)c1. The van der Waals surface area contributed by atoms with E-state index in [4.69, 9.17) is 0 Å². The molecule has 1 N–H and O–H groups in total. The van der Waals surface area contributed by atoms with Gasteiger partial charge in [0.25, 0.3) is 0 Å². The molecule has 2 aliphatic heterocycles. The fraction of sp³-hybridized carbons (Fsp3) is 0.842. The van der Waals surface area contributed by atoms with Gasteiger partial charge < -0.3 is 10.2 Å². The van der Waals surface area contributed by atoms with Crippen molar-refractivity contribution in [1.82, 2.24) is 24.9 Å². The van der Waals surface area contributed by atoms with Crippen molar-refractivity contribution < 1.29 is 0 Å². The lowest BCUT2D eigenvalue weighted by molar-refractivity contribution is 0.0718. The highest BCUT2D eigenvalue weighted by Gasteiger charge is 2.33. The zero-order valence-corrected chi connectivity index (χ0v) is 15.7. The molecular weight excluding hydrogens is 298 g/mol. The number of nitrogens with one attached hydrogen (secondary N) is 1. The average molecular weight is 334 g/mol. The van der Waals surface area contributed by atoms with Crippen LogP contribution in [0.15, 0.2) is 12.4 Å². The van der Waals surface area contributed by atoms with Gasteiger partial charge in [-0.1, -0.05) is 6.92 Å². The van der Waals surface area contributed by atoms with E-state index in [0.29, 0.717) is 12.0 Å². The monoisotopic (exact) mass is 333 g/mol. The van der Waals surface area contributed by atoms with Gasteiger partial charge in [-0.3, -0.25) is 9.58 Å². The van der Waals surface area contributed by atoms with Gasteiger partial charge in [0, 0.05) is 37.9 Å². The molecule has 1 unspecified atom stereocenters. The van der Waals surface area contributed by atoms with Crippen molar-refractivity contribution in [2.75, 3.05) is 46.3 Å². The number of nitrogens with zero attached hydrogens (tertiary/aromatic N) is 4. The van der Waals surface area contributed by atoms with Crippen molar-refractivity contribution in [2.24, 2.45) is 18.9 Å². The van der Waals surface area contributed by atoms with Crippen molar-refractivity contribution in [3.63, 3.8) is 0 Å². The number of aromatic nitrogens is 2. The van der Waals surface area contributed by atoms with Gasteiger partial charge in [0.05, 0.1) is 6.20 Å². The van der Waals surface area contributed by atoms with Crippen LogP contribution in [0.5, 0.6) is 0 Å². The van der Waals surface area contributed by atoms with Gasteiger partial charge in [0.2, 0.25) is 0 Å². The first-order chi connectivity index (χ1) is 11.7. The van der Waals surface area contributed by atoms with Crippen LogP contribution < -0.4 is 5.32 Å². The molecule has 2 fully saturated rings. The second-order valence-corrected chi connectivity index (χ2v) is 7.86. The first-order valence-corrected chi connectivity index (χ1v) is 9.79. The van der Waals surface area contributed by atoms with Crippen molar-refractivity contribution in [2.45, 2.75) is 38.6 Å². The van der Waals surface area contributed by atoms with Crippen molar-refractivity contribution >= 4 is 0 Å².